The van der Waals surface area contributed by atoms with Gasteiger partial charge in [-0.15, -0.1) is 0 Å². The molecule has 0 unspecified atom stereocenters. The van der Waals surface area contributed by atoms with Gasteiger partial charge < -0.3 is 14.8 Å². The largest absolute Gasteiger partial charge is 0.492 e. The van der Waals surface area contributed by atoms with Crippen molar-refractivity contribution >= 4 is 11.6 Å². The van der Waals surface area contributed by atoms with Crippen molar-refractivity contribution in [3.63, 3.8) is 0 Å². The molecular weight excluding hydrogens is 352 g/mol. The Kier molecular flexibility index (Phi) is 7.74. The fraction of sp³-hybridized carbons (Fsp3) is 0.696. The van der Waals surface area contributed by atoms with Crippen molar-refractivity contribution in [2.75, 3.05) is 31.6 Å². The number of carbonyl (C=O) groups is 1. The van der Waals surface area contributed by atoms with E-state index < -0.39 is 5.60 Å². The number of nitrogens with one attached hydrogen (secondary N) is 1. The molecular formula is C23H36N2O3. The number of ether oxygens (including phenoxy) is 2. The van der Waals surface area contributed by atoms with Crippen LogP contribution in [0.3, 0.4) is 0 Å². The molecule has 1 aromatic carbocycles. The van der Waals surface area contributed by atoms with Crippen molar-refractivity contribution in [2.45, 2.75) is 76.9 Å². The van der Waals surface area contributed by atoms with Gasteiger partial charge >= 0.3 is 0 Å². The van der Waals surface area contributed by atoms with Crippen molar-refractivity contribution in [3.05, 3.63) is 24.3 Å². The van der Waals surface area contributed by atoms with E-state index in [0.29, 0.717) is 19.3 Å². The minimum absolute atomic E-state index is 0.0122. The Hall–Kier alpha value is -1.59. The Balaban J connectivity index is 1.48. The number of nitrogens with zero attached hydrogens (tertiary/aromatic N) is 1. The quantitative estimate of drug-likeness (QED) is 0.706. The Morgan fingerprint density at radius 3 is 2.57 bits per heavy atom. The lowest BCUT2D eigenvalue weighted by Gasteiger charge is -2.35. The molecule has 1 N–H and O–H groups in total. The smallest absolute Gasteiger partial charge is 0.256 e. The van der Waals surface area contributed by atoms with Gasteiger partial charge in [0.1, 0.15) is 18.0 Å². The molecule has 1 aliphatic heterocycles. The second-order valence-electron chi connectivity index (χ2n) is 8.20. The van der Waals surface area contributed by atoms with E-state index in [-0.39, 0.29) is 5.91 Å². The van der Waals surface area contributed by atoms with Gasteiger partial charge in [-0.25, -0.2) is 0 Å². The van der Waals surface area contributed by atoms with Crippen LogP contribution in [-0.2, 0) is 9.53 Å². The van der Waals surface area contributed by atoms with Crippen LogP contribution in [-0.4, -0.2) is 48.8 Å². The van der Waals surface area contributed by atoms with Gasteiger partial charge in [0.15, 0.2) is 0 Å². The van der Waals surface area contributed by atoms with Crippen molar-refractivity contribution in [2.24, 2.45) is 0 Å². The van der Waals surface area contributed by atoms with E-state index in [1.54, 1.807) is 0 Å². The molecule has 5 nitrogen and oxygen atoms in total. The maximum Gasteiger partial charge on any atom is 0.256 e. The number of amides is 1. The Morgan fingerprint density at radius 2 is 1.89 bits per heavy atom. The molecule has 28 heavy (non-hydrogen) atoms. The molecule has 0 radical (unpaired) electrons. The molecule has 1 aromatic rings. The summed E-state index contributed by atoms with van der Waals surface area (Å²) in [5.41, 5.74) is 0.138. The maximum atomic E-state index is 12.9. The number of piperidine rings is 1. The van der Waals surface area contributed by atoms with Crippen LogP contribution in [0, 0.1) is 0 Å². The van der Waals surface area contributed by atoms with Gasteiger partial charge in [0, 0.05) is 24.9 Å². The van der Waals surface area contributed by atoms with Crippen LogP contribution < -0.4 is 10.1 Å². The van der Waals surface area contributed by atoms with Crippen LogP contribution in [0.15, 0.2) is 24.3 Å². The molecule has 1 heterocycles. The van der Waals surface area contributed by atoms with E-state index in [4.69, 9.17) is 9.47 Å². The molecule has 156 valence electrons. The summed E-state index contributed by atoms with van der Waals surface area (Å²) in [7, 11) is 0. The molecule has 1 saturated carbocycles. The van der Waals surface area contributed by atoms with Gasteiger partial charge in [0.25, 0.3) is 5.91 Å². The molecule has 0 spiro atoms. The molecule has 0 bridgehead atoms. The number of hydrogen-bond acceptors (Lipinski definition) is 4. The molecule has 1 atom stereocenters. The SMILES string of the molecule is CCOC1(C(=O)Nc2ccc(OCCN3CCCC[C@@H]3C)cc2)CCCCC1. The minimum Gasteiger partial charge on any atom is -0.492 e. The first-order valence-corrected chi connectivity index (χ1v) is 11.1. The normalized spacial score (nSPS) is 22.6. The average molecular weight is 389 g/mol. The van der Waals surface area contributed by atoms with Crippen molar-refractivity contribution in [1.82, 2.24) is 4.90 Å². The zero-order valence-electron chi connectivity index (χ0n) is 17.5. The summed E-state index contributed by atoms with van der Waals surface area (Å²) >= 11 is 0. The van der Waals surface area contributed by atoms with E-state index in [1.165, 1.54) is 32.2 Å². The van der Waals surface area contributed by atoms with E-state index in [0.717, 1.165) is 43.7 Å². The van der Waals surface area contributed by atoms with Crippen molar-refractivity contribution in [3.8, 4) is 5.75 Å². The van der Waals surface area contributed by atoms with Crippen LogP contribution in [0.2, 0.25) is 0 Å². The standard InChI is InChI=1S/C23H36N2O3/c1-3-28-23(14-6-4-7-15-23)22(26)24-20-10-12-21(13-11-20)27-18-17-25-16-8-5-9-19(25)2/h10-13,19H,3-9,14-18H2,1-2H3,(H,24,26)/t19-/m0/s1. The molecule has 3 rings (SSSR count). The zero-order valence-corrected chi connectivity index (χ0v) is 17.5. The van der Waals surface area contributed by atoms with Crippen LogP contribution >= 0.6 is 0 Å². The fourth-order valence-corrected chi connectivity index (χ4v) is 4.49. The van der Waals surface area contributed by atoms with E-state index in [9.17, 15) is 4.79 Å². The minimum atomic E-state index is -0.659. The lowest BCUT2D eigenvalue weighted by Crippen LogP contribution is -2.47. The molecule has 1 amide bonds. The Labute approximate surface area is 169 Å². The van der Waals surface area contributed by atoms with Crippen molar-refractivity contribution in [1.29, 1.82) is 0 Å². The summed E-state index contributed by atoms with van der Waals surface area (Å²) < 4.78 is 11.8. The summed E-state index contributed by atoms with van der Waals surface area (Å²) in [5, 5.41) is 3.05. The molecule has 0 aromatic heterocycles. The summed E-state index contributed by atoms with van der Waals surface area (Å²) in [6, 6.07) is 8.36. The average Bonchev–Trinajstić information content (AvgIpc) is 2.71. The number of benzene rings is 1. The second kappa shape index (κ2) is 10.3. The van der Waals surface area contributed by atoms with E-state index in [2.05, 4.69) is 17.1 Å². The summed E-state index contributed by atoms with van der Waals surface area (Å²) in [5.74, 6) is 0.835. The van der Waals surface area contributed by atoms with Gasteiger partial charge in [0.05, 0.1) is 0 Å². The van der Waals surface area contributed by atoms with Gasteiger partial charge in [-0.05, 0) is 70.3 Å². The topological polar surface area (TPSA) is 50.8 Å². The van der Waals surface area contributed by atoms with Crippen LogP contribution in [0.4, 0.5) is 5.69 Å². The zero-order chi connectivity index (χ0) is 19.8. The van der Waals surface area contributed by atoms with E-state index >= 15 is 0 Å². The molecule has 2 fully saturated rings. The predicted octanol–water partition coefficient (Wildman–Crippen LogP) is 4.62. The van der Waals surface area contributed by atoms with Crippen LogP contribution in [0.1, 0.15) is 65.2 Å². The first kappa shape index (κ1) is 21.1. The summed E-state index contributed by atoms with van der Waals surface area (Å²) in [6.45, 7) is 7.67. The van der Waals surface area contributed by atoms with Crippen molar-refractivity contribution < 1.29 is 14.3 Å². The highest BCUT2D eigenvalue weighted by Crippen LogP contribution is 2.33. The summed E-state index contributed by atoms with van der Waals surface area (Å²) in [4.78, 5) is 15.4. The third-order valence-electron chi connectivity index (χ3n) is 6.20. The third-order valence-corrected chi connectivity index (χ3v) is 6.20. The van der Waals surface area contributed by atoms with Crippen LogP contribution in [0.5, 0.6) is 5.75 Å². The number of carbonyl (C=O) groups excluding carboxylic acids is 1. The van der Waals surface area contributed by atoms with E-state index in [1.807, 2.05) is 31.2 Å². The molecule has 1 aliphatic carbocycles. The lowest BCUT2D eigenvalue weighted by atomic mass is 9.83. The van der Waals surface area contributed by atoms with Gasteiger partial charge in [0.2, 0.25) is 0 Å². The maximum absolute atomic E-state index is 12.9. The predicted molar refractivity (Wildman–Crippen MR) is 113 cm³/mol. The highest BCUT2D eigenvalue weighted by molar-refractivity contribution is 5.97. The highest BCUT2D eigenvalue weighted by atomic mass is 16.5. The number of hydrogen-bond donors (Lipinski definition) is 1. The second-order valence-corrected chi connectivity index (χ2v) is 8.20. The third kappa shape index (κ3) is 5.48. The molecule has 1 saturated heterocycles. The Morgan fingerprint density at radius 1 is 1.14 bits per heavy atom. The first-order valence-electron chi connectivity index (χ1n) is 11.1. The lowest BCUT2D eigenvalue weighted by molar-refractivity contribution is -0.145. The van der Waals surface area contributed by atoms with Crippen LogP contribution in [0.25, 0.3) is 0 Å². The molecule has 5 heteroatoms. The summed E-state index contributed by atoms with van der Waals surface area (Å²) in [6.07, 6.45) is 8.83. The van der Waals surface area contributed by atoms with Gasteiger partial charge in [-0.1, -0.05) is 25.7 Å². The fourth-order valence-electron chi connectivity index (χ4n) is 4.49. The van der Waals surface area contributed by atoms with Gasteiger partial charge in [-0.2, -0.15) is 0 Å². The highest BCUT2D eigenvalue weighted by Gasteiger charge is 2.40. The first-order chi connectivity index (χ1) is 13.6. The monoisotopic (exact) mass is 388 g/mol. The number of anilines is 1. The molecule has 2 aliphatic rings. The van der Waals surface area contributed by atoms with Gasteiger partial charge in [-0.3, -0.25) is 9.69 Å². The number of rotatable bonds is 8. The Bertz CT molecular complexity index is 605. The number of likely N-dealkylation sites (tertiary alicyclic amines) is 1.